The van der Waals surface area contributed by atoms with E-state index in [-0.39, 0.29) is 0 Å². The van der Waals surface area contributed by atoms with Crippen molar-refractivity contribution in [1.29, 1.82) is 0 Å². The van der Waals surface area contributed by atoms with Gasteiger partial charge in [0.1, 0.15) is 5.82 Å². The molecular formula is C16H20N2O2S. The summed E-state index contributed by atoms with van der Waals surface area (Å²) < 4.78 is 2.22. The van der Waals surface area contributed by atoms with Gasteiger partial charge >= 0.3 is 5.97 Å². The lowest BCUT2D eigenvalue weighted by Gasteiger charge is -2.25. The number of rotatable bonds is 4. The van der Waals surface area contributed by atoms with Gasteiger partial charge in [0.25, 0.3) is 0 Å². The van der Waals surface area contributed by atoms with E-state index in [0.29, 0.717) is 11.6 Å². The Bertz CT molecular complexity index is 660. The Kier molecular flexibility index (Phi) is 4.19. The van der Waals surface area contributed by atoms with E-state index in [2.05, 4.69) is 11.5 Å². The van der Waals surface area contributed by atoms with Crippen LogP contribution in [-0.2, 0) is 6.42 Å². The summed E-state index contributed by atoms with van der Waals surface area (Å²) in [5, 5.41) is 9.50. The maximum atomic E-state index is 11.6. The van der Waals surface area contributed by atoms with Crippen molar-refractivity contribution in [2.75, 3.05) is 11.5 Å². The number of carboxylic acids is 1. The Hall–Kier alpha value is -1.49. The van der Waals surface area contributed by atoms with E-state index in [4.69, 9.17) is 4.98 Å². The van der Waals surface area contributed by atoms with Crippen LogP contribution in [0.25, 0.3) is 11.0 Å². The standard InChI is InChI=1S/C16H20N2O2S/c1-2-5-14-17-13-8-3-7-12(16(19)20)15(13)18(14)11-6-4-9-21-10-11/h3,7-8,11H,2,4-6,9-10H2,1H3,(H,19,20). The highest BCUT2D eigenvalue weighted by Gasteiger charge is 2.24. The van der Waals surface area contributed by atoms with Crippen LogP contribution in [0, 0.1) is 0 Å². The SMILES string of the molecule is CCCc1nc2cccc(C(=O)O)c2n1C1CCCSC1. The molecule has 0 bridgehead atoms. The highest BCUT2D eigenvalue weighted by Crippen LogP contribution is 2.33. The summed E-state index contributed by atoms with van der Waals surface area (Å²) in [6.45, 7) is 2.14. The van der Waals surface area contributed by atoms with E-state index < -0.39 is 5.97 Å². The van der Waals surface area contributed by atoms with Gasteiger partial charge in [-0.1, -0.05) is 13.0 Å². The van der Waals surface area contributed by atoms with Gasteiger partial charge in [-0.05, 0) is 37.1 Å². The number of fused-ring (bicyclic) bond motifs is 1. The fraction of sp³-hybridized carbons (Fsp3) is 0.500. The van der Waals surface area contributed by atoms with Gasteiger partial charge in [-0.15, -0.1) is 0 Å². The molecule has 3 rings (SSSR count). The summed E-state index contributed by atoms with van der Waals surface area (Å²) in [5.41, 5.74) is 1.99. The molecule has 0 aliphatic carbocycles. The average molecular weight is 304 g/mol. The molecule has 0 amide bonds. The highest BCUT2D eigenvalue weighted by atomic mass is 32.2. The van der Waals surface area contributed by atoms with E-state index in [9.17, 15) is 9.90 Å². The Morgan fingerprint density at radius 2 is 2.38 bits per heavy atom. The molecule has 21 heavy (non-hydrogen) atoms. The van der Waals surface area contributed by atoms with E-state index in [0.717, 1.165) is 41.9 Å². The predicted molar refractivity (Wildman–Crippen MR) is 86.3 cm³/mol. The Morgan fingerprint density at radius 3 is 3.05 bits per heavy atom. The molecule has 1 unspecified atom stereocenters. The molecular weight excluding hydrogens is 284 g/mol. The first-order chi connectivity index (χ1) is 10.2. The molecule has 0 spiro atoms. The van der Waals surface area contributed by atoms with Gasteiger partial charge in [0.15, 0.2) is 0 Å². The minimum absolute atomic E-state index is 0.371. The van der Waals surface area contributed by atoms with Gasteiger partial charge in [0.2, 0.25) is 0 Å². The van der Waals surface area contributed by atoms with Gasteiger partial charge in [-0.3, -0.25) is 0 Å². The van der Waals surface area contributed by atoms with Crippen molar-refractivity contribution in [2.24, 2.45) is 0 Å². The minimum Gasteiger partial charge on any atom is -0.478 e. The number of benzene rings is 1. The third-order valence-corrected chi connectivity index (χ3v) is 5.19. The number of aryl methyl sites for hydroxylation is 1. The van der Waals surface area contributed by atoms with Crippen LogP contribution < -0.4 is 0 Å². The van der Waals surface area contributed by atoms with Gasteiger partial charge in [-0.2, -0.15) is 11.8 Å². The second kappa shape index (κ2) is 6.10. The lowest BCUT2D eigenvalue weighted by molar-refractivity contribution is 0.0698. The quantitative estimate of drug-likeness (QED) is 0.934. The first-order valence-corrected chi connectivity index (χ1v) is 8.68. The maximum Gasteiger partial charge on any atom is 0.337 e. The van der Waals surface area contributed by atoms with Gasteiger partial charge in [0, 0.05) is 18.2 Å². The third-order valence-electron chi connectivity index (χ3n) is 3.99. The monoisotopic (exact) mass is 304 g/mol. The predicted octanol–water partition coefficient (Wildman–Crippen LogP) is 3.76. The molecule has 1 aromatic heterocycles. The van der Waals surface area contributed by atoms with Crippen molar-refractivity contribution < 1.29 is 9.90 Å². The molecule has 1 aliphatic heterocycles. The molecule has 1 aliphatic rings. The number of carbonyl (C=O) groups is 1. The first kappa shape index (κ1) is 14.4. The normalized spacial score (nSPS) is 19.0. The van der Waals surface area contributed by atoms with E-state index in [1.165, 1.54) is 12.2 Å². The number of hydrogen-bond donors (Lipinski definition) is 1. The summed E-state index contributed by atoms with van der Waals surface area (Å²) in [6.07, 6.45) is 4.22. The highest BCUT2D eigenvalue weighted by molar-refractivity contribution is 7.99. The van der Waals surface area contributed by atoms with Crippen LogP contribution in [0.5, 0.6) is 0 Å². The minimum atomic E-state index is -0.867. The van der Waals surface area contributed by atoms with Crippen LogP contribution in [0.2, 0.25) is 0 Å². The smallest absolute Gasteiger partial charge is 0.337 e. The second-order valence-electron chi connectivity index (χ2n) is 5.50. The van der Waals surface area contributed by atoms with Crippen molar-refractivity contribution in [3.05, 3.63) is 29.6 Å². The van der Waals surface area contributed by atoms with Gasteiger partial charge in [0.05, 0.1) is 16.6 Å². The summed E-state index contributed by atoms with van der Waals surface area (Å²) in [4.78, 5) is 16.3. The van der Waals surface area contributed by atoms with Crippen molar-refractivity contribution in [1.82, 2.24) is 9.55 Å². The van der Waals surface area contributed by atoms with Crippen LogP contribution in [0.3, 0.4) is 0 Å². The molecule has 5 heteroatoms. The summed E-state index contributed by atoms with van der Waals surface area (Å²) in [7, 11) is 0. The number of hydrogen-bond acceptors (Lipinski definition) is 3. The zero-order chi connectivity index (χ0) is 14.8. The fourth-order valence-electron chi connectivity index (χ4n) is 3.09. The Labute approximate surface area is 128 Å². The molecule has 1 aromatic carbocycles. The number of para-hydroxylation sites is 1. The van der Waals surface area contributed by atoms with E-state index in [1.54, 1.807) is 12.1 Å². The van der Waals surface area contributed by atoms with Crippen LogP contribution >= 0.6 is 11.8 Å². The molecule has 2 aromatic rings. The number of carboxylic acid groups (broad SMARTS) is 1. The largest absolute Gasteiger partial charge is 0.478 e. The fourth-order valence-corrected chi connectivity index (χ4v) is 4.22. The zero-order valence-electron chi connectivity index (χ0n) is 12.2. The number of aromatic nitrogens is 2. The molecule has 2 heterocycles. The average Bonchev–Trinajstić information content (AvgIpc) is 2.86. The van der Waals surface area contributed by atoms with Crippen molar-refractivity contribution in [2.45, 2.75) is 38.6 Å². The molecule has 1 N–H and O–H groups in total. The molecule has 4 nitrogen and oxygen atoms in total. The Balaban J connectivity index is 2.21. The molecule has 1 saturated heterocycles. The zero-order valence-corrected chi connectivity index (χ0v) is 13.0. The summed E-state index contributed by atoms with van der Waals surface area (Å²) in [6, 6.07) is 5.77. The lowest BCUT2D eigenvalue weighted by Crippen LogP contribution is -2.19. The number of thioether (sulfide) groups is 1. The molecule has 1 atom stereocenters. The van der Waals surface area contributed by atoms with Crippen LogP contribution in [-0.4, -0.2) is 32.1 Å². The second-order valence-corrected chi connectivity index (χ2v) is 6.65. The molecule has 0 radical (unpaired) electrons. The number of nitrogens with zero attached hydrogens (tertiary/aromatic N) is 2. The van der Waals surface area contributed by atoms with Crippen molar-refractivity contribution >= 4 is 28.8 Å². The van der Waals surface area contributed by atoms with Crippen LogP contribution in [0.15, 0.2) is 18.2 Å². The van der Waals surface area contributed by atoms with E-state index >= 15 is 0 Å². The first-order valence-electron chi connectivity index (χ1n) is 7.53. The van der Waals surface area contributed by atoms with Crippen LogP contribution in [0.4, 0.5) is 0 Å². The summed E-state index contributed by atoms with van der Waals surface area (Å²) in [5.74, 6) is 2.43. The van der Waals surface area contributed by atoms with Crippen molar-refractivity contribution in [3.63, 3.8) is 0 Å². The maximum absolute atomic E-state index is 11.6. The molecule has 1 fully saturated rings. The summed E-state index contributed by atoms with van der Waals surface area (Å²) >= 11 is 1.95. The molecule has 112 valence electrons. The van der Waals surface area contributed by atoms with Crippen LogP contribution in [0.1, 0.15) is 48.4 Å². The third kappa shape index (κ3) is 2.67. The Morgan fingerprint density at radius 1 is 1.52 bits per heavy atom. The number of imidazole rings is 1. The van der Waals surface area contributed by atoms with Gasteiger partial charge < -0.3 is 9.67 Å². The van der Waals surface area contributed by atoms with E-state index in [1.807, 2.05) is 17.8 Å². The van der Waals surface area contributed by atoms with Crippen molar-refractivity contribution in [3.8, 4) is 0 Å². The lowest BCUT2D eigenvalue weighted by atomic mass is 10.1. The number of aromatic carboxylic acids is 1. The molecule has 0 saturated carbocycles. The topological polar surface area (TPSA) is 55.1 Å². The van der Waals surface area contributed by atoms with Gasteiger partial charge in [-0.25, -0.2) is 9.78 Å².